The van der Waals surface area contributed by atoms with Gasteiger partial charge in [0.2, 0.25) is 0 Å². The molecule has 7 nitrogen and oxygen atoms in total. The molecule has 0 spiro atoms. The molecule has 34 heavy (non-hydrogen) atoms. The second-order valence-electron chi connectivity index (χ2n) is 7.54. The van der Waals surface area contributed by atoms with Gasteiger partial charge in [-0.2, -0.15) is 0 Å². The number of ether oxygens (including phenoxy) is 2. The standard InChI is InChI=1S/C27H26O6.H2O/c1-19-7-5-6-10-23(19)24(14-16-27(30)31)33-25-17-22(13-11-21(25)12-15-26(28)29)32-18-20-8-3-2-4-9-20;/h2-13,15,17,24H,14,16,18H2,1H3,(H,28,29)(H,30,31);1H2. The minimum atomic E-state index is -1.08. The predicted octanol–water partition coefficient (Wildman–Crippen LogP) is 4.83. The first kappa shape index (κ1) is 26.2. The Morgan fingerprint density at radius 1 is 0.971 bits per heavy atom. The second kappa shape index (κ2) is 12.8. The summed E-state index contributed by atoms with van der Waals surface area (Å²) in [4.78, 5) is 22.3. The summed E-state index contributed by atoms with van der Waals surface area (Å²) in [5.41, 5.74) is 3.42. The smallest absolute Gasteiger partial charge is 0.328 e. The third-order valence-electron chi connectivity index (χ3n) is 5.06. The molecule has 0 aliphatic heterocycles. The molecule has 1 unspecified atom stereocenters. The van der Waals surface area contributed by atoms with Crippen molar-refractivity contribution < 1.29 is 34.8 Å². The molecule has 0 aliphatic rings. The summed E-state index contributed by atoms with van der Waals surface area (Å²) in [5, 5.41) is 18.3. The van der Waals surface area contributed by atoms with Gasteiger partial charge >= 0.3 is 11.9 Å². The van der Waals surface area contributed by atoms with Crippen LogP contribution in [-0.2, 0) is 16.2 Å². The number of benzene rings is 3. The van der Waals surface area contributed by atoms with E-state index >= 15 is 0 Å². The summed E-state index contributed by atoms with van der Waals surface area (Å²) in [5.74, 6) is -1.02. The average molecular weight is 465 g/mol. The van der Waals surface area contributed by atoms with Crippen molar-refractivity contribution in [3.63, 3.8) is 0 Å². The number of hydrogen-bond donors (Lipinski definition) is 2. The van der Waals surface area contributed by atoms with Crippen LogP contribution in [0.25, 0.3) is 6.08 Å². The number of carbonyl (C=O) groups is 2. The molecule has 0 amide bonds. The third-order valence-corrected chi connectivity index (χ3v) is 5.06. The van der Waals surface area contributed by atoms with E-state index in [1.807, 2.05) is 61.5 Å². The van der Waals surface area contributed by atoms with E-state index in [1.54, 1.807) is 18.2 Å². The highest BCUT2D eigenvalue weighted by Gasteiger charge is 2.19. The van der Waals surface area contributed by atoms with E-state index in [0.29, 0.717) is 23.7 Å². The summed E-state index contributed by atoms with van der Waals surface area (Å²) in [6.45, 7) is 2.31. The highest BCUT2D eigenvalue weighted by Crippen LogP contribution is 2.33. The molecule has 0 bridgehead atoms. The minimum Gasteiger partial charge on any atom is -0.489 e. The van der Waals surface area contributed by atoms with Crippen molar-refractivity contribution in [2.75, 3.05) is 0 Å². The van der Waals surface area contributed by atoms with E-state index in [0.717, 1.165) is 22.8 Å². The summed E-state index contributed by atoms with van der Waals surface area (Å²) in [6.07, 6.45) is 2.15. The maximum atomic E-state index is 11.2. The third kappa shape index (κ3) is 7.79. The molecule has 3 aromatic carbocycles. The Bertz CT molecular complexity index is 1120. The Balaban J connectivity index is 0.00000408. The van der Waals surface area contributed by atoms with E-state index in [9.17, 15) is 14.7 Å². The summed E-state index contributed by atoms with van der Waals surface area (Å²) in [7, 11) is 0. The fraction of sp³-hybridized carbons (Fsp3) is 0.185. The lowest BCUT2D eigenvalue weighted by molar-refractivity contribution is -0.137. The van der Waals surface area contributed by atoms with Gasteiger partial charge in [-0.3, -0.25) is 4.79 Å². The quantitative estimate of drug-likeness (QED) is 0.392. The molecule has 7 heteroatoms. The van der Waals surface area contributed by atoms with Gasteiger partial charge in [-0.1, -0.05) is 54.6 Å². The molecule has 0 heterocycles. The zero-order valence-electron chi connectivity index (χ0n) is 18.8. The molecule has 0 saturated heterocycles. The molecule has 1 atom stereocenters. The van der Waals surface area contributed by atoms with Crippen molar-refractivity contribution in [3.05, 3.63) is 101 Å². The van der Waals surface area contributed by atoms with Crippen LogP contribution in [-0.4, -0.2) is 27.6 Å². The van der Waals surface area contributed by atoms with Crippen LogP contribution in [0.5, 0.6) is 11.5 Å². The summed E-state index contributed by atoms with van der Waals surface area (Å²) >= 11 is 0. The lowest BCUT2D eigenvalue weighted by Gasteiger charge is -2.22. The van der Waals surface area contributed by atoms with E-state index in [-0.39, 0.29) is 18.3 Å². The Hall–Kier alpha value is -4.10. The first-order chi connectivity index (χ1) is 15.9. The molecule has 0 radical (unpaired) electrons. The number of rotatable bonds is 11. The van der Waals surface area contributed by atoms with Gasteiger partial charge in [0.25, 0.3) is 0 Å². The van der Waals surface area contributed by atoms with Crippen LogP contribution < -0.4 is 9.47 Å². The van der Waals surface area contributed by atoms with Gasteiger partial charge in [0, 0.05) is 24.1 Å². The lowest BCUT2D eigenvalue weighted by atomic mass is 9.99. The lowest BCUT2D eigenvalue weighted by Crippen LogP contribution is -2.12. The van der Waals surface area contributed by atoms with Crippen LogP contribution in [0.1, 0.15) is 41.2 Å². The van der Waals surface area contributed by atoms with Crippen LogP contribution in [0.2, 0.25) is 0 Å². The maximum Gasteiger partial charge on any atom is 0.328 e. The van der Waals surface area contributed by atoms with Crippen molar-refractivity contribution in [3.8, 4) is 11.5 Å². The molecule has 4 N–H and O–H groups in total. The Morgan fingerprint density at radius 2 is 1.68 bits per heavy atom. The molecule has 0 aliphatic carbocycles. The van der Waals surface area contributed by atoms with Gasteiger partial charge in [-0.05, 0) is 48.2 Å². The summed E-state index contributed by atoms with van der Waals surface area (Å²) < 4.78 is 12.2. The Morgan fingerprint density at radius 3 is 2.35 bits per heavy atom. The normalized spacial score (nSPS) is 11.4. The largest absolute Gasteiger partial charge is 0.489 e. The second-order valence-corrected chi connectivity index (χ2v) is 7.54. The zero-order valence-corrected chi connectivity index (χ0v) is 18.8. The molecular weight excluding hydrogens is 436 g/mol. The SMILES string of the molecule is Cc1ccccc1C(CCC(=O)O)Oc1cc(OCc2ccccc2)ccc1C=CC(=O)O.O. The maximum absolute atomic E-state index is 11.2. The Labute approximate surface area is 198 Å². The van der Waals surface area contributed by atoms with Gasteiger partial charge in [0.1, 0.15) is 24.2 Å². The van der Waals surface area contributed by atoms with Crippen molar-refractivity contribution in [2.24, 2.45) is 0 Å². The Kier molecular flexibility index (Phi) is 9.86. The molecular formula is C27H28O7. The van der Waals surface area contributed by atoms with Gasteiger partial charge in [-0.25, -0.2) is 4.79 Å². The average Bonchev–Trinajstić information content (AvgIpc) is 2.80. The molecule has 0 aromatic heterocycles. The highest BCUT2D eigenvalue weighted by molar-refractivity contribution is 5.86. The van der Waals surface area contributed by atoms with Gasteiger partial charge in [0.05, 0.1) is 0 Å². The zero-order chi connectivity index (χ0) is 23.6. The monoisotopic (exact) mass is 464 g/mol. The molecule has 0 saturated carbocycles. The number of carboxylic acid groups (broad SMARTS) is 2. The van der Waals surface area contributed by atoms with E-state index in [4.69, 9.17) is 14.6 Å². The molecule has 178 valence electrons. The van der Waals surface area contributed by atoms with Crippen LogP contribution in [0, 0.1) is 6.92 Å². The molecule has 3 aromatic rings. The van der Waals surface area contributed by atoms with Crippen molar-refractivity contribution in [1.29, 1.82) is 0 Å². The van der Waals surface area contributed by atoms with Crippen LogP contribution in [0.4, 0.5) is 0 Å². The van der Waals surface area contributed by atoms with Crippen LogP contribution >= 0.6 is 0 Å². The fourth-order valence-electron chi connectivity index (χ4n) is 3.38. The first-order valence-electron chi connectivity index (χ1n) is 10.6. The number of aryl methyl sites for hydroxylation is 1. The molecule has 0 fully saturated rings. The first-order valence-corrected chi connectivity index (χ1v) is 10.6. The predicted molar refractivity (Wildman–Crippen MR) is 129 cm³/mol. The van der Waals surface area contributed by atoms with Gasteiger partial charge < -0.3 is 25.2 Å². The number of hydrogen-bond acceptors (Lipinski definition) is 4. The van der Waals surface area contributed by atoms with Crippen LogP contribution in [0.3, 0.4) is 0 Å². The van der Waals surface area contributed by atoms with Gasteiger partial charge in [0.15, 0.2) is 0 Å². The van der Waals surface area contributed by atoms with E-state index in [2.05, 4.69) is 0 Å². The number of carboxylic acids is 2. The summed E-state index contributed by atoms with van der Waals surface area (Å²) in [6, 6.07) is 22.5. The van der Waals surface area contributed by atoms with Crippen LogP contribution in [0.15, 0.2) is 78.9 Å². The minimum absolute atomic E-state index is 0. The highest BCUT2D eigenvalue weighted by atomic mass is 16.5. The topological polar surface area (TPSA) is 125 Å². The van der Waals surface area contributed by atoms with Crippen molar-refractivity contribution in [2.45, 2.75) is 32.5 Å². The van der Waals surface area contributed by atoms with E-state index in [1.165, 1.54) is 6.08 Å². The van der Waals surface area contributed by atoms with E-state index < -0.39 is 18.0 Å². The molecule has 3 rings (SSSR count). The van der Waals surface area contributed by atoms with Crippen molar-refractivity contribution in [1.82, 2.24) is 0 Å². The van der Waals surface area contributed by atoms with Gasteiger partial charge in [-0.15, -0.1) is 0 Å². The fourth-order valence-corrected chi connectivity index (χ4v) is 3.38. The number of aliphatic carboxylic acids is 2. The van der Waals surface area contributed by atoms with Crippen molar-refractivity contribution >= 4 is 18.0 Å².